The van der Waals surface area contributed by atoms with E-state index in [1.165, 1.54) is 238 Å². The molecule has 0 aliphatic carbocycles. The minimum Gasteiger partial charge on any atom is -0.330 e. The summed E-state index contributed by atoms with van der Waals surface area (Å²) < 4.78 is 0. The highest BCUT2D eigenvalue weighted by molar-refractivity contribution is 4.65. The number of unbranched alkanes of at least 4 members (excludes halogenated alkanes) is 30. The van der Waals surface area contributed by atoms with E-state index in [1.54, 1.807) is 0 Å². The molecule has 0 spiro atoms. The average Bonchev–Trinajstić information content (AvgIpc) is 3.11. The van der Waals surface area contributed by atoms with Crippen LogP contribution in [0, 0.1) is 0 Å². The Balaban J connectivity index is 4.03. The average molecular weight is 693 g/mol. The monoisotopic (exact) mass is 693 g/mol. The van der Waals surface area contributed by atoms with Gasteiger partial charge in [0.2, 0.25) is 0 Å². The first kappa shape index (κ1) is 48.8. The maximum absolute atomic E-state index is 5.83. The van der Waals surface area contributed by atoms with Crippen molar-refractivity contribution in [3.8, 4) is 0 Å². The molecule has 0 atom stereocenters. The fourth-order valence-electron chi connectivity index (χ4n) is 7.59. The third-order valence-corrected chi connectivity index (χ3v) is 11.0. The van der Waals surface area contributed by atoms with E-state index in [1.807, 2.05) is 0 Å². The van der Waals surface area contributed by atoms with Crippen LogP contribution in [0.5, 0.6) is 0 Å². The van der Waals surface area contributed by atoms with Crippen LogP contribution in [0.25, 0.3) is 0 Å². The minimum absolute atomic E-state index is 0.795. The van der Waals surface area contributed by atoms with Crippen molar-refractivity contribution in [1.29, 1.82) is 0 Å². The highest BCUT2D eigenvalue weighted by Gasteiger charge is 2.08. The zero-order valence-corrected chi connectivity index (χ0v) is 34.5. The van der Waals surface area contributed by atoms with Gasteiger partial charge in [-0.15, -0.1) is 0 Å². The van der Waals surface area contributed by atoms with E-state index >= 15 is 0 Å². The summed E-state index contributed by atoms with van der Waals surface area (Å²) in [4.78, 5) is 5.43. The van der Waals surface area contributed by atoms with Gasteiger partial charge >= 0.3 is 0 Å². The Hall–Kier alpha value is -0.160. The summed E-state index contributed by atoms with van der Waals surface area (Å²) in [6.07, 6.45) is 49.9. The maximum Gasteiger partial charge on any atom is -0.000653 e. The van der Waals surface area contributed by atoms with E-state index in [0.717, 1.165) is 39.0 Å². The second kappa shape index (κ2) is 44.0. The van der Waals surface area contributed by atoms with Gasteiger partial charge in [0, 0.05) is 0 Å². The van der Waals surface area contributed by atoms with Gasteiger partial charge in [-0.3, -0.25) is 0 Å². The van der Waals surface area contributed by atoms with Gasteiger partial charge in [-0.05, 0) is 84.5 Å². The van der Waals surface area contributed by atoms with E-state index in [-0.39, 0.29) is 0 Å². The van der Waals surface area contributed by atoms with E-state index in [4.69, 9.17) is 11.5 Å². The van der Waals surface area contributed by atoms with Crippen LogP contribution >= 0.6 is 0 Å². The first-order valence-electron chi connectivity index (χ1n) is 23.1. The molecule has 0 saturated heterocycles. The van der Waals surface area contributed by atoms with Crippen LogP contribution < -0.4 is 11.5 Å². The van der Waals surface area contributed by atoms with E-state index in [2.05, 4.69) is 23.6 Å². The molecule has 0 rings (SSSR count). The van der Waals surface area contributed by atoms with Gasteiger partial charge in [0.1, 0.15) is 0 Å². The summed E-state index contributed by atoms with van der Waals surface area (Å²) in [5.41, 5.74) is 11.7. The summed E-state index contributed by atoms with van der Waals surface area (Å²) in [5.74, 6) is 0. The number of hydrogen-bond donors (Lipinski definition) is 2. The lowest BCUT2D eigenvalue weighted by atomic mass is 10.0. The second-order valence-electron chi connectivity index (χ2n) is 15.9. The van der Waals surface area contributed by atoms with Gasteiger partial charge < -0.3 is 21.3 Å². The van der Waals surface area contributed by atoms with Crippen LogP contribution in [0.2, 0.25) is 0 Å². The van der Waals surface area contributed by atoms with Gasteiger partial charge in [-0.25, -0.2) is 0 Å². The molecule has 0 fully saturated rings. The van der Waals surface area contributed by atoms with Crippen molar-refractivity contribution in [2.24, 2.45) is 11.5 Å². The fourth-order valence-corrected chi connectivity index (χ4v) is 7.59. The molecule has 4 N–H and O–H groups in total. The topological polar surface area (TPSA) is 58.5 Å². The fraction of sp³-hybridized carbons (Fsp3) is 1.00. The van der Waals surface area contributed by atoms with Gasteiger partial charge in [0.25, 0.3) is 0 Å². The Morgan fingerprint density at radius 3 is 0.633 bits per heavy atom. The first-order valence-corrected chi connectivity index (χ1v) is 23.1. The Kier molecular flexibility index (Phi) is 43.9. The predicted molar refractivity (Wildman–Crippen MR) is 224 cm³/mol. The van der Waals surface area contributed by atoms with Crippen molar-refractivity contribution in [2.75, 3.05) is 52.4 Å². The summed E-state index contributed by atoms with van der Waals surface area (Å²) in [6, 6.07) is 0. The normalized spacial score (nSPS) is 11.9. The molecule has 0 aromatic carbocycles. The molecule has 4 nitrogen and oxygen atoms in total. The largest absolute Gasteiger partial charge is 0.330 e. The summed E-state index contributed by atoms with van der Waals surface area (Å²) in [5, 5.41) is 0. The summed E-state index contributed by atoms with van der Waals surface area (Å²) in [6.45, 7) is 13.6. The van der Waals surface area contributed by atoms with Crippen LogP contribution in [0.3, 0.4) is 0 Å². The van der Waals surface area contributed by atoms with Gasteiger partial charge in [0.05, 0.1) is 0 Å². The number of rotatable bonds is 44. The lowest BCUT2D eigenvalue weighted by molar-refractivity contribution is 0.218. The molecule has 49 heavy (non-hydrogen) atoms. The SMILES string of the molecule is CCCCCCCCCCCCCCCCCCN(CCCCCCCCCCCCCCCCCC)CCCN(CCCN)CCCN. The van der Waals surface area contributed by atoms with Gasteiger partial charge in [-0.1, -0.05) is 206 Å². The zero-order valence-electron chi connectivity index (χ0n) is 34.5. The summed E-state index contributed by atoms with van der Waals surface area (Å²) >= 11 is 0. The van der Waals surface area contributed by atoms with E-state index < -0.39 is 0 Å². The lowest BCUT2D eigenvalue weighted by Gasteiger charge is -2.26. The predicted octanol–water partition coefficient (Wildman–Crippen LogP) is 13.2. The Bertz CT molecular complexity index is 526. The minimum atomic E-state index is 0.795. The van der Waals surface area contributed by atoms with Crippen LogP contribution in [-0.4, -0.2) is 62.2 Å². The molecule has 0 aliphatic heterocycles. The number of hydrogen-bond acceptors (Lipinski definition) is 4. The standard InChI is InChI=1S/C45H96N4/c1-3-5-7-9-11-13-15-17-19-21-23-25-27-29-31-33-40-48(44-37-45-49(42-35-38-46)43-36-39-47)41-34-32-30-28-26-24-22-20-18-16-14-12-10-8-6-4-2/h3-47H2,1-2H3. The molecule has 0 aromatic heterocycles. The molecule has 0 unspecified atom stereocenters. The molecule has 4 heteroatoms. The smallest absolute Gasteiger partial charge is 0.000653 e. The van der Waals surface area contributed by atoms with Gasteiger partial charge in [0.15, 0.2) is 0 Å². The van der Waals surface area contributed by atoms with Crippen LogP contribution in [-0.2, 0) is 0 Å². The van der Waals surface area contributed by atoms with Crippen LogP contribution in [0.4, 0.5) is 0 Å². The van der Waals surface area contributed by atoms with Crippen LogP contribution in [0.1, 0.15) is 239 Å². The van der Waals surface area contributed by atoms with Gasteiger partial charge in [-0.2, -0.15) is 0 Å². The maximum atomic E-state index is 5.83. The van der Waals surface area contributed by atoms with Crippen molar-refractivity contribution in [2.45, 2.75) is 239 Å². The van der Waals surface area contributed by atoms with Crippen LogP contribution in [0.15, 0.2) is 0 Å². The Morgan fingerprint density at radius 1 is 0.224 bits per heavy atom. The highest BCUT2D eigenvalue weighted by Crippen LogP contribution is 2.16. The third kappa shape index (κ3) is 40.5. The second-order valence-corrected chi connectivity index (χ2v) is 15.9. The first-order chi connectivity index (χ1) is 24.3. The number of nitrogens with zero attached hydrogens (tertiary/aromatic N) is 2. The molecular weight excluding hydrogens is 597 g/mol. The number of nitrogens with two attached hydrogens (primary N) is 2. The molecule has 0 saturated carbocycles. The van der Waals surface area contributed by atoms with E-state index in [0.29, 0.717) is 0 Å². The summed E-state index contributed by atoms with van der Waals surface area (Å²) in [7, 11) is 0. The molecule has 0 radical (unpaired) electrons. The molecule has 0 amide bonds. The van der Waals surface area contributed by atoms with E-state index in [9.17, 15) is 0 Å². The molecule has 0 bridgehead atoms. The molecule has 0 heterocycles. The van der Waals surface area contributed by atoms with Crippen molar-refractivity contribution in [1.82, 2.24) is 9.80 Å². The quantitative estimate of drug-likeness (QED) is 0.0624. The third-order valence-electron chi connectivity index (χ3n) is 11.0. The molecule has 0 aromatic rings. The molecular formula is C45H96N4. The zero-order chi connectivity index (χ0) is 35.6. The Labute approximate surface area is 311 Å². The van der Waals surface area contributed by atoms with Crippen molar-refractivity contribution < 1.29 is 0 Å². The molecule has 0 aliphatic rings. The highest BCUT2D eigenvalue weighted by atomic mass is 15.1. The van der Waals surface area contributed by atoms with Crippen molar-refractivity contribution in [3.63, 3.8) is 0 Å². The van der Waals surface area contributed by atoms with Crippen molar-refractivity contribution in [3.05, 3.63) is 0 Å². The lowest BCUT2D eigenvalue weighted by Crippen LogP contribution is -2.33. The van der Waals surface area contributed by atoms with Crippen molar-refractivity contribution >= 4 is 0 Å². The Morgan fingerprint density at radius 2 is 0.408 bits per heavy atom. The molecule has 296 valence electrons.